The van der Waals surface area contributed by atoms with Gasteiger partial charge in [-0.3, -0.25) is 14.4 Å². The van der Waals surface area contributed by atoms with Crippen molar-refractivity contribution in [3.63, 3.8) is 0 Å². The highest BCUT2D eigenvalue weighted by Gasteiger charge is 2.37. The summed E-state index contributed by atoms with van der Waals surface area (Å²) in [7, 11) is 0. The molecule has 0 spiro atoms. The van der Waals surface area contributed by atoms with Gasteiger partial charge in [-0.15, -0.1) is 0 Å². The second kappa shape index (κ2) is 8.77. The zero-order valence-electron chi connectivity index (χ0n) is 16.7. The molecule has 2 heterocycles. The van der Waals surface area contributed by atoms with Crippen molar-refractivity contribution in [3.8, 4) is 0 Å². The summed E-state index contributed by atoms with van der Waals surface area (Å²) in [6, 6.07) is 17.4. The minimum atomic E-state index is -1.17. The maximum absolute atomic E-state index is 13.3. The molecule has 0 aliphatic carbocycles. The van der Waals surface area contributed by atoms with Gasteiger partial charge in [0.15, 0.2) is 0 Å². The number of carbonyl (C=O) groups excluding carboxylic acids is 1. The van der Waals surface area contributed by atoms with E-state index in [0.717, 1.165) is 5.56 Å². The molecule has 1 saturated heterocycles. The Hall–Kier alpha value is -3.03. The number of benzene rings is 2. The molecule has 3 aromatic rings. The number of amides is 1. The summed E-state index contributed by atoms with van der Waals surface area (Å²) in [6.45, 7) is 2.65. The van der Waals surface area contributed by atoms with Crippen LogP contribution in [-0.2, 0) is 13.1 Å². The Morgan fingerprint density at radius 3 is 2.50 bits per heavy atom. The largest absolute Gasteiger partial charge is 0.385 e. The Bertz CT molecular complexity index is 963. The summed E-state index contributed by atoms with van der Waals surface area (Å²) >= 11 is 0. The molecule has 0 bridgehead atoms. The molecule has 1 aliphatic rings. The number of hydrogen-bond donors (Lipinski definition) is 1. The topological polar surface area (TPSA) is 61.6 Å². The highest BCUT2D eigenvalue weighted by Crippen LogP contribution is 2.20. The van der Waals surface area contributed by atoms with Crippen molar-refractivity contribution < 1.29 is 14.3 Å². The minimum Gasteiger partial charge on any atom is -0.385 e. The molecule has 156 valence electrons. The van der Waals surface area contributed by atoms with Crippen molar-refractivity contribution in [1.29, 1.82) is 0 Å². The third-order valence-electron chi connectivity index (χ3n) is 5.33. The number of nitrogens with zero attached hydrogens (tertiary/aromatic N) is 4. The van der Waals surface area contributed by atoms with Gasteiger partial charge < -0.3 is 10.0 Å². The first-order valence-corrected chi connectivity index (χ1v) is 10.0. The fraction of sp³-hybridized carbons (Fsp3) is 0.304. The zero-order chi connectivity index (χ0) is 21.0. The summed E-state index contributed by atoms with van der Waals surface area (Å²) in [6.07, 6.45) is 3.47. The van der Waals surface area contributed by atoms with Crippen molar-refractivity contribution in [2.75, 3.05) is 26.2 Å². The SMILES string of the molecule is O=C(c1ccc(F)cc1)N1CCN(Cc2ccccc2)CC(O)(Cn2cccn2)C1. The molecule has 1 fully saturated rings. The van der Waals surface area contributed by atoms with E-state index in [4.69, 9.17) is 0 Å². The number of halogens is 1. The number of carbonyl (C=O) groups is 1. The lowest BCUT2D eigenvalue weighted by molar-refractivity contribution is -0.0184. The van der Waals surface area contributed by atoms with Gasteiger partial charge in [0.25, 0.3) is 5.91 Å². The van der Waals surface area contributed by atoms with E-state index < -0.39 is 5.60 Å². The summed E-state index contributed by atoms with van der Waals surface area (Å²) in [4.78, 5) is 16.9. The average molecular weight is 408 g/mol. The lowest BCUT2D eigenvalue weighted by Gasteiger charge is -2.33. The fourth-order valence-electron chi connectivity index (χ4n) is 3.96. The average Bonchev–Trinajstić information content (AvgIpc) is 3.18. The molecular formula is C23H25FN4O2. The molecule has 1 aliphatic heterocycles. The Morgan fingerprint density at radius 1 is 1.03 bits per heavy atom. The lowest BCUT2D eigenvalue weighted by Crippen LogP contribution is -2.51. The van der Waals surface area contributed by atoms with Crippen molar-refractivity contribution in [2.24, 2.45) is 0 Å². The van der Waals surface area contributed by atoms with E-state index in [-0.39, 0.29) is 24.8 Å². The second-order valence-electron chi connectivity index (χ2n) is 7.86. The third kappa shape index (κ3) is 4.93. The van der Waals surface area contributed by atoms with Crippen LogP contribution in [0.3, 0.4) is 0 Å². The van der Waals surface area contributed by atoms with Gasteiger partial charge in [-0.05, 0) is 35.9 Å². The van der Waals surface area contributed by atoms with E-state index in [1.165, 1.54) is 24.3 Å². The van der Waals surface area contributed by atoms with Crippen LogP contribution in [0.5, 0.6) is 0 Å². The van der Waals surface area contributed by atoms with Gasteiger partial charge in [0, 0.05) is 44.1 Å². The Labute approximate surface area is 175 Å². The summed E-state index contributed by atoms with van der Waals surface area (Å²) in [5.74, 6) is -0.595. The Balaban J connectivity index is 1.57. The number of aromatic nitrogens is 2. The molecule has 1 N–H and O–H groups in total. The van der Waals surface area contributed by atoms with Crippen LogP contribution in [0.2, 0.25) is 0 Å². The molecule has 2 aromatic carbocycles. The minimum absolute atomic E-state index is 0.175. The zero-order valence-corrected chi connectivity index (χ0v) is 16.7. The molecule has 1 amide bonds. The quantitative estimate of drug-likeness (QED) is 0.704. The van der Waals surface area contributed by atoms with E-state index in [0.29, 0.717) is 31.7 Å². The molecule has 30 heavy (non-hydrogen) atoms. The normalized spacial score (nSPS) is 20.1. The maximum Gasteiger partial charge on any atom is 0.254 e. The summed E-state index contributed by atoms with van der Waals surface area (Å²) in [5, 5.41) is 15.8. The van der Waals surface area contributed by atoms with Gasteiger partial charge in [-0.25, -0.2) is 4.39 Å². The number of β-amino-alcohol motifs (C(OH)–C–C–N with tert-alkyl or cyclic N) is 1. The molecule has 7 heteroatoms. The first-order chi connectivity index (χ1) is 14.5. The van der Waals surface area contributed by atoms with Gasteiger partial charge in [0.05, 0.1) is 13.1 Å². The first kappa shape index (κ1) is 20.3. The number of hydrogen-bond acceptors (Lipinski definition) is 4. The first-order valence-electron chi connectivity index (χ1n) is 10.0. The molecule has 0 radical (unpaired) electrons. The number of rotatable bonds is 5. The van der Waals surface area contributed by atoms with Crippen LogP contribution in [0.4, 0.5) is 4.39 Å². The predicted molar refractivity (Wildman–Crippen MR) is 111 cm³/mol. The van der Waals surface area contributed by atoms with Crippen LogP contribution in [0.15, 0.2) is 73.1 Å². The van der Waals surface area contributed by atoms with E-state index in [1.54, 1.807) is 22.0 Å². The standard InChI is InChI=1S/C23H25FN4O2/c24-21-9-7-20(8-10-21)22(29)27-14-13-26(15-19-5-2-1-3-6-19)16-23(30,17-27)18-28-12-4-11-25-28/h1-12,30H,13-18H2. The van der Waals surface area contributed by atoms with Gasteiger partial charge in [-0.1, -0.05) is 30.3 Å². The van der Waals surface area contributed by atoms with Crippen LogP contribution in [0.1, 0.15) is 15.9 Å². The maximum atomic E-state index is 13.3. The fourth-order valence-corrected chi connectivity index (χ4v) is 3.96. The van der Waals surface area contributed by atoms with Gasteiger partial charge in [-0.2, -0.15) is 5.10 Å². The molecule has 6 nitrogen and oxygen atoms in total. The van der Waals surface area contributed by atoms with Gasteiger partial charge in [0.2, 0.25) is 0 Å². The monoisotopic (exact) mass is 408 g/mol. The van der Waals surface area contributed by atoms with Crippen molar-refractivity contribution in [2.45, 2.75) is 18.7 Å². The Morgan fingerprint density at radius 2 is 1.80 bits per heavy atom. The van der Waals surface area contributed by atoms with Crippen LogP contribution in [-0.4, -0.2) is 62.4 Å². The van der Waals surface area contributed by atoms with E-state index in [9.17, 15) is 14.3 Å². The van der Waals surface area contributed by atoms with Crippen LogP contribution < -0.4 is 0 Å². The highest BCUT2D eigenvalue weighted by atomic mass is 19.1. The third-order valence-corrected chi connectivity index (χ3v) is 5.33. The molecular weight excluding hydrogens is 383 g/mol. The molecule has 1 aromatic heterocycles. The van der Waals surface area contributed by atoms with E-state index in [1.807, 2.05) is 24.3 Å². The smallest absolute Gasteiger partial charge is 0.254 e. The van der Waals surface area contributed by atoms with Crippen LogP contribution >= 0.6 is 0 Å². The molecule has 4 rings (SSSR count). The Kier molecular flexibility index (Phi) is 5.92. The molecule has 1 atom stereocenters. The second-order valence-corrected chi connectivity index (χ2v) is 7.86. The highest BCUT2D eigenvalue weighted by molar-refractivity contribution is 5.94. The van der Waals surface area contributed by atoms with Gasteiger partial charge >= 0.3 is 0 Å². The van der Waals surface area contributed by atoms with Crippen molar-refractivity contribution in [1.82, 2.24) is 19.6 Å². The van der Waals surface area contributed by atoms with Crippen LogP contribution in [0, 0.1) is 5.82 Å². The predicted octanol–water partition coefficient (Wildman–Crippen LogP) is 2.41. The lowest BCUT2D eigenvalue weighted by atomic mass is 10.0. The summed E-state index contributed by atoms with van der Waals surface area (Å²) < 4.78 is 15.0. The van der Waals surface area contributed by atoms with Crippen molar-refractivity contribution >= 4 is 5.91 Å². The van der Waals surface area contributed by atoms with E-state index in [2.05, 4.69) is 22.1 Å². The molecule has 0 saturated carbocycles. The van der Waals surface area contributed by atoms with Crippen LogP contribution in [0.25, 0.3) is 0 Å². The molecule has 1 unspecified atom stereocenters. The number of aliphatic hydroxyl groups is 1. The summed E-state index contributed by atoms with van der Waals surface area (Å²) in [5.41, 5.74) is 0.388. The van der Waals surface area contributed by atoms with E-state index >= 15 is 0 Å². The van der Waals surface area contributed by atoms with Gasteiger partial charge in [0.1, 0.15) is 11.4 Å². The van der Waals surface area contributed by atoms with Crippen molar-refractivity contribution in [3.05, 3.63) is 90.0 Å².